The molecule has 1 atom stereocenters. The summed E-state index contributed by atoms with van der Waals surface area (Å²) in [5, 5.41) is 22.7. The molecule has 3 heteroatoms. The molecule has 1 aliphatic heterocycles. The number of oxime groups is 1. The number of fused-ring (bicyclic) bond motifs is 1. The molecule has 0 aromatic heterocycles. The van der Waals surface area contributed by atoms with E-state index >= 15 is 0 Å². The van der Waals surface area contributed by atoms with Gasteiger partial charge in [0.25, 0.3) is 0 Å². The lowest BCUT2D eigenvalue weighted by Crippen LogP contribution is -2.41. The van der Waals surface area contributed by atoms with Crippen molar-refractivity contribution in [2.75, 3.05) is 0 Å². The molecule has 0 fully saturated rings. The van der Waals surface area contributed by atoms with Crippen LogP contribution >= 0.6 is 0 Å². The van der Waals surface area contributed by atoms with E-state index in [1.54, 1.807) is 6.21 Å². The maximum absolute atomic E-state index is 9.22. The Morgan fingerprint density at radius 2 is 1.47 bits per heavy atom. The monoisotopic (exact) mass is 388 g/mol. The van der Waals surface area contributed by atoms with Crippen LogP contribution in [0.25, 0.3) is 44.6 Å². The van der Waals surface area contributed by atoms with Crippen molar-refractivity contribution in [2.24, 2.45) is 5.16 Å². The van der Waals surface area contributed by atoms with Crippen molar-refractivity contribution < 1.29 is 5.21 Å². The molecule has 1 N–H and O–H groups in total. The Bertz CT molecular complexity index is 1530. The average Bonchev–Trinajstić information content (AvgIpc) is 2.79. The first kappa shape index (κ1) is 17.0. The van der Waals surface area contributed by atoms with Gasteiger partial charge in [-0.25, -0.2) is 0 Å². The molecule has 0 aliphatic carbocycles. The molecular formula is C27H20N2O. The highest BCUT2D eigenvalue weighted by molar-refractivity contribution is 6.23. The van der Waals surface area contributed by atoms with Gasteiger partial charge < -0.3 is 10.1 Å². The van der Waals surface area contributed by atoms with Crippen molar-refractivity contribution >= 4 is 50.8 Å². The highest BCUT2D eigenvalue weighted by Crippen LogP contribution is 2.36. The van der Waals surface area contributed by atoms with Crippen molar-refractivity contribution in [1.29, 1.82) is 0 Å². The highest BCUT2D eigenvalue weighted by atomic mass is 16.4. The van der Waals surface area contributed by atoms with Crippen molar-refractivity contribution in [3.05, 3.63) is 94.9 Å². The van der Waals surface area contributed by atoms with Crippen molar-refractivity contribution in [3.63, 3.8) is 0 Å². The Hall–Kier alpha value is -3.85. The molecule has 0 saturated carbocycles. The van der Waals surface area contributed by atoms with Crippen molar-refractivity contribution in [3.8, 4) is 0 Å². The van der Waals surface area contributed by atoms with Crippen LogP contribution in [-0.4, -0.2) is 22.4 Å². The Balaban J connectivity index is 1.54. The summed E-state index contributed by atoms with van der Waals surface area (Å²) >= 11 is 0. The van der Waals surface area contributed by atoms with Crippen LogP contribution in [0.2, 0.25) is 0 Å². The summed E-state index contributed by atoms with van der Waals surface area (Å²) in [5.74, 6) is 0. The highest BCUT2D eigenvalue weighted by Gasteiger charge is 2.17. The lowest BCUT2D eigenvalue weighted by atomic mass is 9.91. The zero-order valence-corrected chi connectivity index (χ0v) is 16.4. The van der Waals surface area contributed by atoms with Gasteiger partial charge in [-0.3, -0.25) is 0 Å². The first-order valence-electron chi connectivity index (χ1n) is 10.2. The van der Waals surface area contributed by atoms with E-state index in [1.807, 2.05) is 6.07 Å². The van der Waals surface area contributed by atoms with Gasteiger partial charge in [0.15, 0.2) is 0 Å². The second kappa shape index (κ2) is 6.60. The number of hydrogen-bond acceptors (Lipinski definition) is 3. The molecule has 3 nitrogen and oxygen atoms in total. The van der Waals surface area contributed by atoms with Crippen molar-refractivity contribution in [2.45, 2.75) is 12.6 Å². The zero-order valence-electron chi connectivity index (χ0n) is 16.4. The normalized spacial score (nSPS) is 16.3. The molecule has 5 aromatic carbocycles. The van der Waals surface area contributed by atoms with E-state index in [4.69, 9.17) is 0 Å². The lowest BCUT2D eigenvalue weighted by molar-refractivity contribution is 0.315. The molecule has 1 heterocycles. The van der Waals surface area contributed by atoms with Crippen molar-refractivity contribution in [1.82, 2.24) is 4.90 Å². The third-order valence-corrected chi connectivity index (χ3v) is 6.23. The van der Waals surface area contributed by atoms with Crippen LogP contribution < -0.4 is 10.4 Å². The second-order valence-electron chi connectivity index (χ2n) is 7.93. The number of nitrogens with zero attached hydrogens (tertiary/aromatic N) is 2. The SMILES string of the molecule is O/N=C\C1C=c2ccccc2=CN1Cc1ccc2ccc3cccc4ccc1c2c34. The molecule has 30 heavy (non-hydrogen) atoms. The van der Waals surface area contributed by atoms with Crippen LogP contribution in [0.15, 0.2) is 84.0 Å². The molecule has 1 unspecified atom stereocenters. The van der Waals surface area contributed by atoms with Gasteiger partial charge >= 0.3 is 0 Å². The summed E-state index contributed by atoms with van der Waals surface area (Å²) in [7, 11) is 0. The molecule has 144 valence electrons. The second-order valence-corrected chi connectivity index (χ2v) is 7.93. The topological polar surface area (TPSA) is 35.8 Å². The minimum Gasteiger partial charge on any atom is -0.411 e. The predicted molar refractivity (Wildman–Crippen MR) is 124 cm³/mol. The molecule has 5 aromatic rings. The summed E-state index contributed by atoms with van der Waals surface area (Å²) in [5.41, 5.74) is 1.26. The van der Waals surface area contributed by atoms with E-state index < -0.39 is 0 Å². The zero-order chi connectivity index (χ0) is 20.1. The molecule has 0 amide bonds. The average molecular weight is 388 g/mol. The standard InChI is InChI=1S/C27H20N2O/c30-28-15-24-14-21-4-1-2-5-22(21)16-29(24)17-23-11-10-20-9-8-18-6-3-7-19-12-13-25(23)27(20)26(18)19/h1-16,24,30H,17H2/b28-15-. The molecule has 0 radical (unpaired) electrons. The van der Waals surface area contributed by atoms with E-state index in [-0.39, 0.29) is 6.04 Å². The van der Waals surface area contributed by atoms with Gasteiger partial charge in [-0.15, -0.1) is 0 Å². The maximum atomic E-state index is 9.22. The largest absolute Gasteiger partial charge is 0.411 e. The lowest BCUT2D eigenvalue weighted by Gasteiger charge is -2.29. The first-order valence-corrected chi connectivity index (χ1v) is 10.2. The molecule has 0 spiro atoms. The Kier molecular flexibility index (Phi) is 3.75. The Labute approximate surface area is 173 Å². The number of hydrogen-bond donors (Lipinski definition) is 1. The van der Waals surface area contributed by atoms with Crippen LogP contribution in [0, 0.1) is 0 Å². The van der Waals surface area contributed by atoms with E-state index in [1.165, 1.54) is 43.1 Å². The molecular weight excluding hydrogens is 368 g/mol. The molecule has 0 saturated heterocycles. The fourth-order valence-electron chi connectivity index (χ4n) is 4.80. The third kappa shape index (κ3) is 2.56. The Morgan fingerprint density at radius 1 is 0.767 bits per heavy atom. The van der Waals surface area contributed by atoms with Crippen LogP contribution in [-0.2, 0) is 6.54 Å². The van der Waals surface area contributed by atoms with Crippen LogP contribution in [0.4, 0.5) is 0 Å². The van der Waals surface area contributed by atoms with Gasteiger partial charge in [-0.05, 0) is 54.4 Å². The van der Waals surface area contributed by atoms with Crippen LogP contribution in [0.5, 0.6) is 0 Å². The number of benzene rings is 5. The van der Waals surface area contributed by atoms with E-state index in [0.29, 0.717) is 0 Å². The summed E-state index contributed by atoms with van der Waals surface area (Å²) in [6, 6.07) is 28.0. The van der Waals surface area contributed by atoms with E-state index in [2.05, 4.69) is 95.1 Å². The predicted octanol–water partition coefficient (Wildman–Crippen LogP) is 4.45. The van der Waals surface area contributed by atoms with E-state index in [0.717, 1.165) is 11.8 Å². The van der Waals surface area contributed by atoms with Crippen LogP contribution in [0.1, 0.15) is 5.56 Å². The summed E-state index contributed by atoms with van der Waals surface area (Å²) in [6.07, 6.45) is 5.90. The maximum Gasteiger partial charge on any atom is 0.0868 e. The van der Waals surface area contributed by atoms with Gasteiger partial charge in [-0.2, -0.15) is 0 Å². The fourth-order valence-corrected chi connectivity index (χ4v) is 4.80. The van der Waals surface area contributed by atoms with E-state index in [9.17, 15) is 5.21 Å². The Morgan fingerprint density at radius 3 is 2.27 bits per heavy atom. The fraction of sp³-hybridized carbons (Fsp3) is 0.0741. The summed E-state index contributed by atoms with van der Waals surface area (Å²) in [6.45, 7) is 0.732. The first-order chi connectivity index (χ1) is 14.8. The minimum absolute atomic E-state index is 0.0940. The molecule has 1 aliphatic rings. The van der Waals surface area contributed by atoms with Gasteiger partial charge in [0.2, 0.25) is 0 Å². The van der Waals surface area contributed by atoms with Gasteiger partial charge in [0.05, 0.1) is 12.3 Å². The van der Waals surface area contributed by atoms with Gasteiger partial charge in [-0.1, -0.05) is 84.0 Å². The smallest absolute Gasteiger partial charge is 0.0868 e. The third-order valence-electron chi connectivity index (χ3n) is 6.23. The van der Waals surface area contributed by atoms with Crippen LogP contribution in [0.3, 0.4) is 0 Å². The summed E-state index contributed by atoms with van der Waals surface area (Å²) in [4.78, 5) is 2.23. The minimum atomic E-state index is -0.0940. The molecule has 0 bridgehead atoms. The van der Waals surface area contributed by atoms with Gasteiger partial charge in [0, 0.05) is 12.7 Å². The van der Waals surface area contributed by atoms with Gasteiger partial charge in [0.1, 0.15) is 0 Å². The molecule has 6 rings (SSSR count). The quantitative estimate of drug-likeness (QED) is 0.215. The summed E-state index contributed by atoms with van der Waals surface area (Å²) < 4.78 is 0. The number of rotatable bonds is 3.